The Labute approximate surface area is 159 Å². The van der Waals surface area contributed by atoms with E-state index < -0.39 is 0 Å². The van der Waals surface area contributed by atoms with Gasteiger partial charge < -0.3 is 4.74 Å². The van der Waals surface area contributed by atoms with E-state index in [1.54, 1.807) is 0 Å². The Balaban J connectivity index is 1.66. The molecule has 1 nitrogen and oxygen atoms in total. The van der Waals surface area contributed by atoms with Crippen LogP contribution in [0.4, 0.5) is 0 Å². The van der Waals surface area contributed by atoms with Crippen molar-refractivity contribution in [2.75, 3.05) is 6.61 Å². The maximum atomic E-state index is 6.34. The maximum Gasteiger partial charge on any atom is 0.0928 e. The maximum absolute atomic E-state index is 6.34. The third-order valence-corrected chi connectivity index (χ3v) is 5.96. The van der Waals surface area contributed by atoms with Gasteiger partial charge in [0, 0.05) is 17.7 Å². The van der Waals surface area contributed by atoms with Gasteiger partial charge in [-0.15, -0.1) is 0 Å². The lowest BCUT2D eigenvalue weighted by atomic mass is 9.70. The van der Waals surface area contributed by atoms with Crippen molar-refractivity contribution in [3.63, 3.8) is 0 Å². The van der Waals surface area contributed by atoms with Crippen LogP contribution in [0, 0.1) is 23.7 Å². The zero-order valence-electron chi connectivity index (χ0n) is 16.3. The molecule has 0 amide bonds. The van der Waals surface area contributed by atoms with Gasteiger partial charge in [-0.2, -0.15) is 0 Å². The van der Waals surface area contributed by atoms with Crippen LogP contribution in [0.1, 0.15) is 64.4 Å². The van der Waals surface area contributed by atoms with Crippen molar-refractivity contribution in [3.05, 3.63) is 59.7 Å². The first-order valence-electron chi connectivity index (χ1n) is 10.4. The van der Waals surface area contributed by atoms with Crippen LogP contribution < -0.4 is 0 Å². The summed E-state index contributed by atoms with van der Waals surface area (Å²) in [5.74, 6) is 8.16. The summed E-state index contributed by atoms with van der Waals surface area (Å²) in [7, 11) is 0. The van der Waals surface area contributed by atoms with Gasteiger partial charge in [0.05, 0.1) is 5.60 Å². The zero-order chi connectivity index (χ0) is 18.2. The van der Waals surface area contributed by atoms with Gasteiger partial charge >= 0.3 is 0 Å². The van der Waals surface area contributed by atoms with Crippen molar-refractivity contribution < 1.29 is 4.74 Å². The van der Waals surface area contributed by atoms with Gasteiger partial charge in [-0.05, 0) is 56.2 Å². The second-order valence-electron chi connectivity index (χ2n) is 7.71. The predicted molar refractivity (Wildman–Crippen MR) is 110 cm³/mol. The molecule has 0 N–H and O–H groups in total. The molecule has 1 unspecified atom stereocenters. The molecule has 1 saturated carbocycles. The first-order chi connectivity index (χ1) is 12.8. The van der Waals surface area contributed by atoms with Crippen molar-refractivity contribution in [1.82, 2.24) is 0 Å². The van der Waals surface area contributed by atoms with E-state index in [1.165, 1.54) is 38.5 Å². The van der Waals surface area contributed by atoms with Crippen molar-refractivity contribution in [3.8, 4) is 11.8 Å². The van der Waals surface area contributed by atoms with Gasteiger partial charge in [-0.25, -0.2) is 0 Å². The van der Waals surface area contributed by atoms with Gasteiger partial charge in [0.1, 0.15) is 0 Å². The highest BCUT2D eigenvalue weighted by atomic mass is 16.5. The fraction of sp³-hybridized carbons (Fsp3) is 0.520. The van der Waals surface area contributed by atoms with Crippen LogP contribution in [0.25, 0.3) is 0 Å². The number of rotatable bonds is 5. The van der Waals surface area contributed by atoms with Gasteiger partial charge in [-0.3, -0.25) is 0 Å². The Morgan fingerprint density at radius 2 is 1.81 bits per heavy atom. The van der Waals surface area contributed by atoms with E-state index in [9.17, 15) is 0 Å². The molecule has 1 fully saturated rings. The highest BCUT2D eigenvalue weighted by Gasteiger charge is 2.39. The van der Waals surface area contributed by atoms with E-state index in [2.05, 4.69) is 56.0 Å². The minimum atomic E-state index is -0.107. The lowest BCUT2D eigenvalue weighted by molar-refractivity contribution is -0.0584. The SMILES string of the molecule is CCCC1CCC(C2(OCC)C=CC(C#Cc3ccccc3)=CC2)CC1. The fourth-order valence-electron chi connectivity index (χ4n) is 4.54. The van der Waals surface area contributed by atoms with Crippen LogP contribution >= 0.6 is 0 Å². The van der Waals surface area contributed by atoms with E-state index in [0.717, 1.165) is 30.1 Å². The summed E-state index contributed by atoms with van der Waals surface area (Å²) >= 11 is 0. The van der Waals surface area contributed by atoms with Crippen molar-refractivity contribution in [2.45, 2.75) is 64.4 Å². The lowest BCUT2D eigenvalue weighted by Gasteiger charge is -2.42. The summed E-state index contributed by atoms with van der Waals surface area (Å²) < 4.78 is 6.34. The van der Waals surface area contributed by atoms with Crippen molar-refractivity contribution in [1.29, 1.82) is 0 Å². The topological polar surface area (TPSA) is 9.23 Å². The number of ether oxygens (including phenoxy) is 1. The standard InChI is InChI=1S/C25H32O/c1-3-8-21-13-15-24(16-14-21)25(26-4-2)19-17-23(18-20-25)12-11-22-9-6-5-7-10-22/h5-7,9-10,17-19,21,24H,3-4,8,13-16,20H2,1-2H3. The third-order valence-electron chi connectivity index (χ3n) is 5.96. The molecule has 1 atom stereocenters. The van der Waals surface area contributed by atoms with Gasteiger partial charge in [-0.1, -0.05) is 74.8 Å². The van der Waals surface area contributed by atoms with Gasteiger partial charge in [0.25, 0.3) is 0 Å². The fourth-order valence-corrected chi connectivity index (χ4v) is 4.54. The lowest BCUT2D eigenvalue weighted by Crippen LogP contribution is -2.41. The molecular formula is C25H32O. The van der Waals surface area contributed by atoms with Crippen molar-refractivity contribution >= 4 is 0 Å². The molecule has 3 rings (SSSR count). The average molecular weight is 349 g/mol. The Morgan fingerprint density at radius 1 is 1.04 bits per heavy atom. The molecule has 138 valence electrons. The number of benzene rings is 1. The molecule has 2 aliphatic carbocycles. The summed E-state index contributed by atoms with van der Waals surface area (Å²) in [6.07, 6.45) is 15.8. The molecule has 26 heavy (non-hydrogen) atoms. The van der Waals surface area contributed by atoms with Gasteiger partial charge in [0.15, 0.2) is 0 Å². The van der Waals surface area contributed by atoms with Crippen LogP contribution in [0.3, 0.4) is 0 Å². The molecular weight excluding hydrogens is 316 g/mol. The Hall–Kier alpha value is -1.78. The first kappa shape index (κ1) is 19.0. The Kier molecular flexibility index (Phi) is 6.75. The van der Waals surface area contributed by atoms with Gasteiger partial charge in [0.2, 0.25) is 0 Å². The summed E-state index contributed by atoms with van der Waals surface area (Å²) in [5, 5.41) is 0. The second kappa shape index (κ2) is 9.24. The van der Waals surface area contributed by atoms with Crippen LogP contribution in [0.5, 0.6) is 0 Å². The number of hydrogen-bond acceptors (Lipinski definition) is 1. The smallest absolute Gasteiger partial charge is 0.0928 e. The zero-order valence-corrected chi connectivity index (χ0v) is 16.3. The summed E-state index contributed by atoms with van der Waals surface area (Å²) in [4.78, 5) is 0. The van der Waals surface area contributed by atoms with Crippen LogP contribution in [0.2, 0.25) is 0 Å². The van der Waals surface area contributed by atoms with E-state index >= 15 is 0 Å². The number of allylic oxidation sites excluding steroid dienone is 2. The third kappa shape index (κ3) is 4.68. The first-order valence-corrected chi connectivity index (χ1v) is 10.4. The predicted octanol–water partition coefficient (Wildman–Crippen LogP) is 6.31. The molecule has 1 aromatic rings. The molecule has 1 aromatic carbocycles. The highest BCUT2D eigenvalue weighted by Crippen LogP contribution is 2.43. The minimum Gasteiger partial charge on any atom is -0.371 e. The largest absolute Gasteiger partial charge is 0.371 e. The Morgan fingerprint density at radius 3 is 2.42 bits per heavy atom. The van der Waals surface area contributed by atoms with E-state index in [1.807, 2.05) is 18.2 Å². The Bertz CT molecular complexity index is 680. The molecule has 1 heteroatoms. The quantitative estimate of drug-likeness (QED) is 0.567. The molecule has 2 aliphatic rings. The average Bonchev–Trinajstić information content (AvgIpc) is 2.69. The summed E-state index contributed by atoms with van der Waals surface area (Å²) in [6.45, 7) is 5.20. The molecule has 0 spiro atoms. The van der Waals surface area contributed by atoms with Crippen LogP contribution in [-0.2, 0) is 4.74 Å². The molecule has 0 heterocycles. The van der Waals surface area contributed by atoms with E-state index in [0.29, 0.717) is 5.92 Å². The molecule has 0 radical (unpaired) electrons. The molecule has 0 bridgehead atoms. The highest BCUT2D eigenvalue weighted by molar-refractivity contribution is 5.47. The van der Waals surface area contributed by atoms with Crippen LogP contribution in [0.15, 0.2) is 54.1 Å². The normalized spacial score (nSPS) is 28.2. The summed E-state index contributed by atoms with van der Waals surface area (Å²) in [6, 6.07) is 10.2. The van der Waals surface area contributed by atoms with E-state index in [4.69, 9.17) is 4.74 Å². The van der Waals surface area contributed by atoms with E-state index in [-0.39, 0.29) is 5.60 Å². The second-order valence-corrected chi connectivity index (χ2v) is 7.71. The van der Waals surface area contributed by atoms with Crippen molar-refractivity contribution in [2.24, 2.45) is 11.8 Å². The minimum absolute atomic E-state index is 0.107. The molecule has 0 aliphatic heterocycles. The van der Waals surface area contributed by atoms with Crippen LogP contribution in [-0.4, -0.2) is 12.2 Å². The number of hydrogen-bond donors (Lipinski definition) is 0. The monoisotopic (exact) mass is 348 g/mol. The molecule has 0 saturated heterocycles. The molecule has 0 aromatic heterocycles. The summed E-state index contributed by atoms with van der Waals surface area (Å²) in [5.41, 5.74) is 2.07.